The molecule has 114 valence electrons. The second-order valence-corrected chi connectivity index (χ2v) is 5.34. The number of piperidine rings is 1. The van der Waals surface area contributed by atoms with E-state index in [0.29, 0.717) is 24.7 Å². The molecule has 0 atom stereocenters. The summed E-state index contributed by atoms with van der Waals surface area (Å²) in [6, 6.07) is 3.92. The average Bonchev–Trinajstić information content (AvgIpc) is 2.48. The number of hydrogen-bond donors (Lipinski definition) is 2. The molecule has 1 aromatic rings. The summed E-state index contributed by atoms with van der Waals surface area (Å²) in [6.07, 6.45) is 3.17. The van der Waals surface area contributed by atoms with E-state index in [1.54, 1.807) is 17.2 Å². The zero-order valence-corrected chi connectivity index (χ0v) is 12.9. The highest BCUT2D eigenvalue weighted by Gasteiger charge is 2.23. The summed E-state index contributed by atoms with van der Waals surface area (Å²) in [5.74, 6) is 0.759. The van der Waals surface area contributed by atoms with E-state index in [2.05, 4.69) is 10.3 Å². The van der Waals surface area contributed by atoms with E-state index < -0.39 is 0 Å². The number of ether oxygens (including phenoxy) is 1. The summed E-state index contributed by atoms with van der Waals surface area (Å²) in [6.45, 7) is 3.59. The number of carbonyl (C=O) groups is 1. The van der Waals surface area contributed by atoms with Gasteiger partial charge in [0.05, 0.1) is 6.61 Å². The van der Waals surface area contributed by atoms with E-state index in [9.17, 15) is 4.79 Å². The molecule has 0 radical (unpaired) electrons. The van der Waals surface area contributed by atoms with Crippen LogP contribution in [-0.2, 0) is 4.74 Å². The molecule has 1 fully saturated rings. The van der Waals surface area contributed by atoms with Gasteiger partial charge < -0.3 is 20.7 Å². The molecular weight excluding hydrogens is 288 g/mol. The molecule has 0 aliphatic carbocycles. The van der Waals surface area contributed by atoms with Crippen molar-refractivity contribution in [3.05, 3.63) is 23.9 Å². The minimum absolute atomic E-state index is 0.232. The molecule has 1 amide bonds. The monoisotopic (exact) mass is 308 g/mol. The van der Waals surface area contributed by atoms with Gasteiger partial charge in [-0.15, -0.1) is 0 Å². The lowest BCUT2D eigenvalue weighted by molar-refractivity contribution is 0.0983. The highest BCUT2D eigenvalue weighted by molar-refractivity contribution is 7.80. The third-order valence-electron chi connectivity index (χ3n) is 3.42. The lowest BCUT2D eigenvalue weighted by Crippen LogP contribution is -2.42. The zero-order chi connectivity index (χ0) is 15.2. The average molecular weight is 308 g/mol. The topological polar surface area (TPSA) is 80.5 Å². The van der Waals surface area contributed by atoms with Gasteiger partial charge in [-0.25, -0.2) is 9.78 Å². The van der Waals surface area contributed by atoms with Crippen LogP contribution < -0.4 is 11.1 Å². The first-order chi connectivity index (χ1) is 10.1. The fourth-order valence-corrected chi connectivity index (χ4v) is 2.42. The minimum Gasteiger partial charge on any atom is -0.450 e. The Hall–Kier alpha value is -1.89. The van der Waals surface area contributed by atoms with Crippen LogP contribution in [0.25, 0.3) is 0 Å². The Morgan fingerprint density at radius 1 is 1.57 bits per heavy atom. The summed E-state index contributed by atoms with van der Waals surface area (Å²) in [5.41, 5.74) is 6.41. The van der Waals surface area contributed by atoms with Crippen LogP contribution in [-0.4, -0.2) is 46.7 Å². The van der Waals surface area contributed by atoms with Crippen molar-refractivity contribution in [3.8, 4) is 0 Å². The molecule has 21 heavy (non-hydrogen) atoms. The number of aromatic nitrogens is 1. The first kappa shape index (κ1) is 15.5. The van der Waals surface area contributed by atoms with Crippen molar-refractivity contribution in [2.75, 3.05) is 25.0 Å². The van der Waals surface area contributed by atoms with Crippen molar-refractivity contribution in [2.45, 2.75) is 25.8 Å². The first-order valence-corrected chi connectivity index (χ1v) is 7.45. The van der Waals surface area contributed by atoms with Gasteiger partial charge in [0.1, 0.15) is 10.8 Å². The third kappa shape index (κ3) is 4.29. The SMILES string of the molecule is CCOC(=O)N1CCC(Nc2cc(C(N)=S)ccn2)CC1. The normalized spacial score (nSPS) is 15.6. The van der Waals surface area contributed by atoms with Gasteiger partial charge in [0.2, 0.25) is 0 Å². The summed E-state index contributed by atoms with van der Waals surface area (Å²) in [7, 11) is 0. The molecule has 2 heterocycles. The number of anilines is 1. The van der Waals surface area contributed by atoms with Gasteiger partial charge in [-0.05, 0) is 31.9 Å². The lowest BCUT2D eigenvalue weighted by Gasteiger charge is -2.31. The molecule has 1 aromatic heterocycles. The molecule has 6 nitrogen and oxygen atoms in total. The smallest absolute Gasteiger partial charge is 0.409 e. The van der Waals surface area contributed by atoms with Crippen molar-refractivity contribution in [1.29, 1.82) is 0 Å². The summed E-state index contributed by atoms with van der Waals surface area (Å²) < 4.78 is 5.00. The van der Waals surface area contributed by atoms with Crippen LogP contribution in [0.5, 0.6) is 0 Å². The number of nitrogens with one attached hydrogen (secondary N) is 1. The Morgan fingerprint density at radius 2 is 2.29 bits per heavy atom. The fraction of sp³-hybridized carbons (Fsp3) is 0.500. The zero-order valence-electron chi connectivity index (χ0n) is 12.0. The molecule has 2 rings (SSSR count). The summed E-state index contributed by atoms with van der Waals surface area (Å²) in [5, 5.41) is 3.36. The number of nitrogens with zero attached hydrogens (tertiary/aromatic N) is 2. The molecule has 0 spiro atoms. The van der Waals surface area contributed by atoms with Crippen molar-refractivity contribution in [1.82, 2.24) is 9.88 Å². The Bertz CT molecular complexity index is 515. The van der Waals surface area contributed by atoms with Gasteiger partial charge in [0.25, 0.3) is 0 Å². The number of hydrogen-bond acceptors (Lipinski definition) is 5. The van der Waals surface area contributed by atoms with Gasteiger partial charge >= 0.3 is 6.09 Å². The molecule has 1 aliphatic heterocycles. The number of thiocarbonyl (C=S) groups is 1. The minimum atomic E-state index is -0.232. The molecule has 1 saturated heterocycles. The van der Waals surface area contributed by atoms with E-state index in [1.165, 1.54) is 0 Å². The van der Waals surface area contributed by atoms with E-state index in [4.69, 9.17) is 22.7 Å². The molecule has 0 unspecified atom stereocenters. The van der Waals surface area contributed by atoms with Crippen molar-refractivity contribution >= 4 is 29.1 Å². The van der Waals surface area contributed by atoms with Gasteiger partial charge in [-0.3, -0.25) is 0 Å². The molecule has 7 heteroatoms. The predicted octanol–water partition coefficient (Wildman–Crippen LogP) is 1.75. The highest BCUT2D eigenvalue weighted by atomic mass is 32.1. The van der Waals surface area contributed by atoms with E-state index in [1.807, 2.05) is 13.0 Å². The maximum absolute atomic E-state index is 11.6. The fourth-order valence-electron chi connectivity index (χ4n) is 2.29. The van der Waals surface area contributed by atoms with Crippen molar-refractivity contribution in [3.63, 3.8) is 0 Å². The Kier molecular flexibility index (Phi) is 5.32. The number of rotatable bonds is 4. The van der Waals surface area contributed by atoms with Crippen LogP contribution in [0.1, 0.15) is 25.3 Å². The van der Waals surface area contributed by atoms with Crippen LogP contribution >= 0.6 is 12.2 Å². The van der Waals surface area contributed by atoms with Crippen LogP contribution in [0.2, 0.25) is 0 Å². The number of amides is 1. The van der Waals surface area contributed by atoms with E-state index in [-0.39, 0.29) is 12.1 Å². The van der Waals surface area contributed by atoms with Gasteiger partial charge in [0, 0.05) is 30.9 Å². The van der Waals surface area contributed by atoms with Gasteiger partial charge in [0.15, 0.2) is 0 Å². The highest BCUT2D eigenvalue weighted by Crippen LogP contribution is 2.16. The summed E-state index contributed by atoms with van der Waals surface area (Å²) in [4.78, 5) is 18.0. The molecular formula is C14H20N4O2S. The van der Waals surface area contributed by atoms with Crippen LogP contribution in [0, 0.1) is 0 Å². The number of likely N-dealkylation sites (tertiary alicyclic amines) is 1. The maximum atomic E-state index is 11.6. The van der Waals surface area contributed by atoms with Crippen LogP contribution in [0.3, 0.4) is 0 Å². The van der Waals surface area contributed by atoms with E-state index in [0.717, 1.165) is 24.2 Å². The molecule has 0 saturated carbocycles. The summed E-state index contributed by atoms with van der Waals surface area (Å²) >= 11 is 4.96. The first-order valence-electron chi connectivity index (χ1n) is 7.04. The largest absolute Gasteiger partial charge is 0.450 e. The number of nitrogens with two attached hydrogens (primary N) is 1. The standard InChI is InChI=1S/C14H20N4O2S/c1-2-20-14(19)18-7-4-11(5-8-18)17-12-9-10(13(15)21)3-6-16-12/h3,6,9,11H,2,4-5,7-8H2,1H3,(H2,15,21)(H,16,17). The third-order valence-corrected chi connectivity index (χ3v) is 3.65. The van der Waals surface area contributed by atoms with Crippen LogP contribution in [0.4, 0.5) is 10.6 Å². The van der Waals surface area contributed by atoms with Crippen molar-refractivity contribution in [2.24, 2.45) is 5.73 Å². The van der Waals surface area contributed by atoms with Gasteiger partial charge in [-0.2, -0.15) is 0 Å². The molecule has 1 aliphatic rings. The second-order valence-electron chi connectivity index (χ2n) is 4.90. The molecule has 0 aromatic carbocycles. The Balaban J connectivity index is 1.87. The predicted molar refractivity (Wildman–Crippen MR) is 85.4 cm³/mol. The number of pyridine rings is 1. The van der Waals surface area contributed by atoms with E-state index >= 15 is 0 Å². The molecule has 0 bridgehead atoms. The lowest BCUT2D eigenvalue weighted by atomic mass is 10.1. The second kappa shape index (κ2) is 7.21. The molecule has 3 N–H and O–H groups in total. The number of carbonyl (C=O) groups excluding carboxylic acids is 1. The quantitative estimate of drug-likeness (QED) is 0.825. The van der Waals surface area contributed by atoms with Crippen LogP contribution in [0.15, 0.2) is 18.3 Å². The Labute approximate surface area is 129 Å². The van der Waals surface area contributed by atoms with Gasteiger partial charge in [-0.1, -0.05) is 12.2 Å². The van der Waals surface area contributed by atoms with Crippen molar-refractivity contribution < 1.29 is 9.53 Å². The Morgan fingerprint density at radius 3 is 2.90 bits per heavy atom. The maximum Gasteiger partial charge on any atom is 0.409 e.